The average Bonchev–Trinajstić information content (AvgIpc) is 3.07. The summed E-state index contributed by atoms with van der Waals surface area (Å²) in [5.74, 6) is 0.569. The van der Waals surface area contributed by atoms with Crippen LogP contribution in [0.5, 0.6) is 0 Å². The first kappa shape index (κ1) is 19.7. The molecule has 1 aromatic carbocycles. The molecule has 1 spiro atoms. The summed E-state index contributed by atoms with van der Waals surface area (Å²) in [5.41, 5.74) is 1.07. The number of rotatable bonds is 4. The maximum atomic E-state index is 12.7. The van der Waals surface area contributed by atoms with Gasteiger partial charge in [0.15, 0.2) is 0 Å². The molecule has 6 nitrogen and oxygen atoms in total. The van der Waals surface area contributed by atoms with Crippen LogP contribution in [0.1, 0.15) is 31.7 Å². The molecule has 3 fully saturated rings. The molecular formula is C22H33N3O3. The fraction of sp³-hybridized carbons (Fsp3) is 0.682. The molecule has 1 N–H and O–H groups in total. The van der Waals surface area contributed by atoms with Crippen molar-refractivity contribution in [2.24, 2.45) is 5.92 Å². The number of carbonyl (C=O) groups excluding carboxylic acids is 1. The summed E-state index contributed by atoms with van der Waals surface area (Å²) in [4.78, 5) is 17.1. The van der Waals surface area contributed by atoms with Crippen LogP contribution in [0, 0.1) is 5.92 Å². The lowest BCUT2D eigenvalue weighted by Crippen LogP contribution is -2.58. The number of carbonyl (C=O) groups is 1. The Morgan fingerprint density at radius 3 is 2.68 bits per heavy atom. The first-order chi connectivity index (χ1) is 13.6. The quantitative estimate of drug-likeness (QED) is 0.862. The molecule has 0 bridgehead atoms. The van der Waals surface area contributed by atoms with Crippen molar-refractivity contribution >= 4 is 6.03 Å². The third-order valence-electron chi connectivity index (χ3n) is 6.63. The first-order valence-electron chi connectivity index (χ1n) is 10.7. The normalized spacial score (nSPS) is 29.3. The van der Waals surface area contributed by atoms with E-state index < -0.39 is 0 Å². The van der Waals surface area contributed by atoms with Gasteiger partial charge in [-0.2, -0.15) is 0 Å². The number of morpholine rings is 1. The fourth-order valence-corrected chi connectivity index (χ4v) is 4.67. The second kappa shape index (κ2) is 8.80. The van der Waals surface area contributed by atoms with E-state index in [1.807, 2.05) is 4.90 Å². The Morgan fingerprint density at radius 2 is 1.96 bits per heavy atom. The molecule has 6 heteroatoms. The second-order valence-corrected chi connectivity index (χ2v) is 8.49. The Morgan fingerprint density at radius 1 is 1.18 bits per heavy atom. The van der Waals surface area contributed by atoms with Gasteiger partial charge in [-0.3, -0.25) is 4.90 Å². The Balaban J connectivity index is 1.19. The van der Waals surface area contributed by atoms with E-state index in [-0.39, 0.29) is 17.7 Å². The molecule has 2 atom stereocenters. The number of hydrogen-bond donors (Lipinski definition) is 1. The molecule has 3 aliphatic heterocycles. The molecule has 3 heterocycles. The van der Waals surface area contributed by atoms with Crippen LogP contribution < -0.4 is 5.32 Å². The van der Waals surface area contributed by atoms with Gasteiger partial charge >= 0.3 is 6.03 Å². The summed E-state index contributed by atoms with van der Waals surface area (Å²) < 4.78 is 11.7. The minimum absolute atomic E-state index is 0.0495. The Hall–Kier alpha value is -1.63. The number of amides is 2. The van der Waals surface area contributed by atoms with Crippen LogP contribution in [0.15, 0.2) is 30.3 Å². The smallest absolute Gasteiger partial charge is 0.317 e. The van der Waals surface area contributed by atoms with Gasteiger partial charge in [-0.1, -0.05) is 30.3 Å². The van der Waals surface area contributed by atoms with Crippen molar-refractivity contribution in [3.8, 4) is 0 Å². The third-order valence-corrected chi connectivity index (χ3v) is 6.63. The van der Waals surface area contributed by atoms with Crippen LogP contribution in [0.3, 0.4) is 0 Å². The highest BCUT2D eigenvalue weighted by Crippen LogP contribution is 2.33. The molecule has 0 radical (unpaired) electrons. The number of nitrogens with zero attached hydrogens (tertiary/aromatic N) is 2. The number of nitrogens with one attached hydrogen (secondary N) is 1. The van der Waals surface area contributed by atoms with Crippen LogP contribution in [0.2, 0.25) is 0 Å². The number of ether oxygens (including phenoxy) is 2. The second-order valence-electron chi connectivity index (χ2n) is 8.49. The zero-order valence-corrected chi connectivity index (χ0v) is 16.9. The molecule has 4 rings (SSSR count). The van der Waals surface area contributed by atoms with Gasteiger partial charge in [0.2, 0.25) is 0 Å². The van der Waals surface area contributed by atoms with Crippen LogP contribution >= 0.6 is 0 Å². The summed E-state index contributed by atoms with van der Waals surface area (Å²) in [6.07, 6.45) is 3.21. The van der Waals surface area contributed by atoms with E-state index in [0.717, 1.165) is 52.0 Å². The Kier molecular flexibility index (Phi) is 6.19. The minimum Gasteiger partial charge on any atom is -0.375 e. The molecule has 154 valence electrons. The molecule has 0 aliphatic carbocycles. The zero-order chi connectivity index (χ0) is 19.4. The highest BCUT2D eigenvalue weighted by atomic mass is 16.6. The van der Waals surface area contributed by atoms with E-state index in [0.29, 0.717) is 25.6 Å². The van der Waals surface area contributed by atoms with Crippen molar-refractivity contribution in [1.29, 1.82) is 0 Å². The molecule has 0 aromatic heterocycles. The number of hydrogen-bond acceptors (Lipinski definition) is 4. The summed E-state index contributed by atoms with van der Waals surface area (Å²) >= 11 is 0. The third kappa shape index (κ3) is 4.50. The predicted octanol–water partition coefficient (Wildman–Crippen LogP) is 2.49. The van der Waals surface area contributed by atoms with Crippen molar-refractivity contribution in [3.05, 3.63) is 35.9 Å². The molecule has 1 aromatic rings. The van der Waals surface area contributed by atoms with Gasteiger partial charge in [0.1, 0.15) is 5.60 Å². The van der Waals surface area contributed by atoms with Gasteiger partial charge < -0.3 is 19.7 Å². The predicted molar refractivity (Wildman–Crippen MR) is 108 cm³/mol. The standard InChI is InChI=1S/C22H33N3O3/c1-18-22(9-13-27-18)17-25(12-14-28-22)21(26)23-15-19-7-10-24(11-8-19)16-20-5-3-2-4-6-20/h2-6,18-19H,7-17H2,1H3,(H,23,26)/t18-,22+/m1/s1. The molecular weight excluding hydrogens is 354 g/mol. The van der Waals surface area contributed by atoms with Crippen LogP contribution in [0.4, 0.5) is 4.79 Å². The van der Waals surface area contributed by atoms with E-state index in [1.54, 1.807) is 0 Å². The van der Waals surface area contributed by atoms with Crippen molar-refractivity contribution < 1.29 is 14.3 Å². The number of benzene rings is 1. The molecule has 0 saturated carbocycles. The Bertz CT molecular complexity index is 648. The highest BCUT2D eigenvalue weighted by molar-refractivity contribution is 5.74. The van der Waals surface area contributed by atoms with E-state index >= 15 is 0 Å². The maximum absolute atomic E-state index is 12.7. The molecule has 3 aliphatic rings. The van der Waals surface area contributed by atoms with Crippen molar-refractivity contribution in [3.63, 3.8) is 0 Å². The summed E-state index contributed by atoms with van der Waals surface area (Å²) in [5, 5.41) is 3.18. The van der Waals surface area contributed by atoms with Crippen molar-refractivity contribution in [2.45, 2.75) is 44.4 Å². The van der Waals surface area contributed by atoms with Gasteiger partial charge in [-0.15, -0.1) is 0 Å². The lowest BCUT2D eigenvalue weighted by Gasteiger charge is -2.42. The van der Waals surface area contributed by atoms with Crippen LogP contribution in [-0.4, -0.2) is 73.5 Å². The monoisotopic (exact) mass is 387 g/mol. The lowest BCUT2D eigenvalue weighted by molar-refractivity contribution is -0.125. The summed E-state index contributed by atoms with van der Waals surface area (Å²) in [7, 11) is 0. The zero-order valence-electron chi connectivity index (χ0n) is 16.9. The number of likely N-dealkylation sites (tertiary alicyclic amines) is 1. The number of urea groups is 1. The first-order valence-corrected chi connectivity index (χ1v) is 10.7. The van der Waals surface area contributed by atoms with Crippen molar-refractivity contribution in [1.82, 2.24) is 15.1 Å². The fourth-order valence-electron chi connectivity index (χ4n) is 4.67. The topological polar surface area (TPSA) is 54.0 Å². The Labute approximate surface area is 168 Å². The highest BCUT2D eigenvalue weighted by Gasteiger charge is 2.47. The molecule has 3 saturated heterocycles. The lowest BCUT2D eigenvalue weighted by atomic mass is 9.94. The minimum atomic E-state index is -0.307. The van der Waals surface area contributed by atoms with Gasteiger partial charge in [-0.25, -0.2) is 4.79 Å². The van der Waals surface area contributed by atoms with E-state index in [2.05, 4.69) is 47.5 Å². The van der Waals surface area contributed by atoms with Gasteiger partial charge in [0.25, 0.3) is 0 Å². The van der Waals surface area contributed by atoms with Gasteiger partial charge in [-0.05, 0) is 44.3 Å². The van der Waals surface area contributed by atoms with Crippen molar-refractivity contribution in [2.75, 3.05) is 45.9 Å². The molecule has 2 amide bonds. The molecule has 28 heavy (non-hydrogen) atoms. The number of piperidine rings is 1. The largest absolute Gasteiger partial charge is 0.375 e. The van der Waals surface area contributed by atoms with Crippen LogP contribution in [-0.2, 0) is 16.0 Å². The average molecular weight is 388 g/mol. The maximum Gasteiger partial charge on any atom is 0.317 e. The molecule has 0 unspecified atom stereocenters. The SMILES string of the molecule is C[C@H]1OCC[C@]12CN(C(=O)NCC1CCN(Cc3ccccc3)CC1)CCO2. The van der Waals surface area contributed by atoms with Crippen LogP contribution in [0.25, 0.3) is 0 Å². The van der Waals surface area contributed by atoms with E-state index in [4.69, 9.17) is 9.47 Å². The van der Waals surface area contributed by atoms with E-state index in [9.17, 15) is 4.79 Å². The van der Waals surface area contributed by atoms with Gasteiger partial charge in [0, 0.05) is 32.7 Å². The van der Waals surface area contributed by atoms with E-state index in [1.165, 1.54) is 5.56 Å². The van der Waals surface area contributed by atoms with Gasteiger partial charge in [0.05, 0.1) is 19.3 Å². The summed E-state index contributed by atoms with van der Waals surface area (Å²) in [6, 6.07) is 10.7. The summed E-state index contributed by atoms with van der Waals surface area (Å²) in [6.45, 7) is 8.67.